The molecule has 0 unspecified atom stereocenters. The molecule has 1 heteroatoms. The summed E-state index contributed by atoms with van der Waals surface area (Å²) >= 11 is 0. The van der Waals surface area contributed by atoms with Crippen molar-refractivity contribution in [3.05, 3.63) is 0 Å². The smallest absolute Gasteiger partial charge is 0.00925 e. The zero-order chi connectivity index (χ0) is 7.40. The minimum absolute atomic E-state index is 0.902. The van der Waals surface area contributed by atoms with Crippen LogP contribution in [0.4, 0.5) is 0 Å². The van der Waals surface area contributed by atoms with Crippen molar-refractivity contribution in [3.63, 3.8) is 0 Å². The predicted molar refractivity (Wildman–Crippen MR) is 45.2 cm³/mol. The fourth-order valence-electron chi connectivity index (χ4n) is 1.94. The maximum absolute atomic E-state index is 2.61. The zero-order valence-corrected chi connectivity index (χ0v) is 7.27. The first kappa shape index (κ1) is 8.06. The second-order valence-electron chi connectivity index (χ2n) is 3.19. The molecule has 60 valence electrons. The quantitative estimate of drug-likeness (QED) is 0.570. The lowest BCUT2D eigenvalue weighted by molar-refractivity contribution is 0.152. The molecule has 0 saturated carbocycles. The highest BCUT2D eigenvalue weighted by Crippen LogP contribution is 2.18. The van der Waals surface area contributed by atoms with Crippen LogP contribution in [0.2, 0.25) is 0 Å². The normalized spacial score (nSPS) is 28.8. The molecule has 1 aliphatic heterocycles. The lowest BCUT2D eigenvalue weighted by Gasteiger charge is -2.34. The highest BCUT2D eigenvalue weighted by atomic mass is 15.1. The van der Waals surface area contributed by atoms with E-state index < -0.39 is 0 Å². The Morgan fingerprint density at radius 1 is 1.30 bits per heavy atom. The minimum atomic E-state index is 0.902. The molecule has 0 aromatic carbocycles. The Labute approximate surface area is 64.4 Å². The van der Waals surface area contributed by atoms with Gasteiger partial charge in [-0.1, -0.05) is 20.3 Å². The van der Waals surface area contributed by atoms with Crippen molar-refractivity contribution < 1.29 is 0 Å². The lowest BCUT2D eigenvalue weighted by atomic mass is 10.0. The first-order chi connectivity index (χ1) is 4.88. The van der Waals surface area contributed by atoms with Gasteiger partial charge in [-0.15, -0.1) is 0 Å². The molecular formula is C9H19N. The summed E-state index contributed by atoms with van der Waals surface area (Å²) in [6.45, 7) is 7.17. The minimum Gasteiger partial charge on any atom is -0.301 e. The molecule has 0 aliphatic carbocycles. The number of rotatable bonds is 2. The predicted octanol–water partition coefficient (Wildman–Crippen LogP) is 2.27. The number of hydrogen-bond donors (Lipinski definition) is 0. The van der Waals surface area contributed by atoms with E-state index in [0.29, 0.717) is 0 Å². The van der Waals surface area contributed by atoms with Crippen LogP contribution < -0.4 is 0 Å². The van der Waals surface area contributed by atoms with Gasteiger partial charge in [-0.25, -0.2) is 0 Å². The summed E-state index contributed by atoms with van der Waals surface area (Å²) in [7, 11) is 0. The van der Waals surface area contributed by atoms with Crippen LogP contribution in [0.3, 0.4) is 0 Å². The Bertz CT molecular complexity index is 78.7. The van der Waals surface area contributed by atoms with Gasteiger partial charge in [-0.2, -0.15) is 0 Å². The molecule has 1 atom stereocenters. The molecule has 1 nitrogen and oxygen atoms in total. The van der Waals surface area contributed by atoms with E-state index in [1.165, 1.54) is 38.8 Å². The lowest BCUT2D eigenvalue weighted by Crippen LogP contribution is -2.38. The Kier molecular flexibility index (Phi) is 3.20. The fourth-order valence-corrected chi connectivity index (χ4v) is 1.94. The largest absolute Gasteiger partial charge is 0.301 e. The standard InChI is InChI=1S/C9H19N/c1-3-9-7-5-6-8-10(9)4-2/h9H,3-8H2,1-2H3/t9-/m0/s1. The zero-order valence-electron chi connectivity index (χ0n) is 7.27. The molecule has 0 N–H and O–H groups in total. The van der Waals surface area contributed by atoms with Crippen LogP contribution in [0, 0.1) is 0 Å². The van der Waals surface area contributed by atoms with Crippen LogP contribution >= 0.6 is 0 Å². The second kappa shape index (κ2) is 3.97. The third-order valence-corrected chi connectivity index (χ3v) is 2.63. The average molecular weight is 141 g/mol. The Hall–Kier alpha value is -0.0400. The van der Waals surface area contributed by atoms with Gasteiger partial charge < -0.3 is 4.90 Å². The molecule has 0 bridgehead atoms. The SMILES string of the molecule is CC[C@H]1CCCCN1CC. The van der Waals surface area contributed by atoms with Crippen molar-refractivity contribution in [2.24, 2.45) is 0 Å². The first-order valence-corrected chi connectivity index (χ1v) is 4.62. The fraction of sp³-hybridized carbons (Fsp3) is 1.00. The van der Waals surface area contributed by atoms with Gasteiger partial charge in [0.1, 0.15) is 0 Å². The van der Waals surface area contributed by atoms with Crippen molar-refractivity contribution >= 4 is 0 Å². The third-order valence-electron chi connectivity index (χ3n) is 2.63. The molecule has 10 heavy (non-hydrogen) atoms. The monoisotopic (exact) mass is 141 g/mol. The van der Waals surface area contributed by atoms with Gasteiger partial charge in [0.15, 0.2) is 0 Å². The van der Waals surface area contributed by atoms with E-state index in [9.17, 15) is 0 Å². The van der Waals surface area contributed by atoms with Gasteiger partial charge in [-0.05, 0) is 32.4 Å². The van der Waals surface area contributed by atoms with Crippen LogP contribution in [0.5, 0.6) is 0 Å². The molecule has 0 aromatic rings. The molecular weight excluding hydrogens is 122 g/mol. The number of hydrogen-bond acceptors (Lipinski definition) is 1. The number of nitrogens with zero attached hydrogens (tertiary/aromatic N) is 1. The summed E-state index contributed by atoms with van der Waals surface area (Å²) in [6.07, 6.45) is 5.65. The molecule has 0 radical (unpaired) electrons. The topological polar surface area (TPSA) is 3.24 Å². The van der Waals surface area contributed by atoms with Crippen LogP contribution in [0.25, 0.3) is 0 Å². The summed E-state index contributed by atoms with van der Waals surface area (Å²) < 4.78 is 0. The van der Waals surface area contributed by atoms with Crippen LogP contribution in [-0.2, 0) is 0 Å². The van der Waals surface area contributed by atoms with Crippen molar-refractivity contribution in [1.29, 1.82) is 0 Å². The average Bonchev–Trinajstić information content (AvgIpc) is 2.04. The summed E-state index contributed by atoms with van der Waals surface area (Å²) in [5, 5.41) is 0. The maximum Gasteiger partial charge on any atom is 0.00925 e. The van der Waals surface area contributed by atoms with Gasteiger partial charge in [-0.3, -0.25) is 0 Å². The molecule has 1 rings (SSSR count). The number of likely N-dealkylation sites (tertiary alicyclic amines) is 1. The van der Waals surface area contributed by atoms with E-state index >= 15 is 0 Å². The third kappa shape index (κ3) is 1.72. The second-order valence-corrected chi connectivity index (χ2v) is 3.19. The molecule has 0 aromatic heterocycles. The van der Waals surface area contributed by atoms with Crippen molar-refractivity contribution in [2.45, 2.75) is 45.6 Å². The summed E-state index contributed by atoms with van der Waals surface area (Å²) in [4.78, 5) is 2.61. The maximum atomic E-state index is 2.61. The van der Waals surface area contributed by atoms with E-state index in [4.69, 9.17) is 0 Å². The Balaban J connectivity index is 2.34. The van der Waals surface area contributed by atoms with Crippen molar-refractivity contribution in [1.82, 2.24) is 4.90 Å². The molecule has 1 saturated heterocycles. The summed E-state index contributed by atoms with van der Waals surface area (Å²) in [6, 6.07) is 0.902. The molecule has 1 aliphatic rings. The van der Waals surface area contributed by atoms with Crippen molar-refractivity contribution in [3.8, 4) is 0 Å². The Morgan fingerprint density at radius 2 is 2.10 bits per heavy atom. The van der Waals surface area contributed by atoms with E-state index in [2.05, 4.69) is 18.7 Å². The van der Waals surface area contributed by atoms with E-state index in [-0.39, 0.29) is 0 Å². The van der Waals surface area contributed by atoms with Crippen molar-refractivity contribution in [2.75, 3.05) is 13.1 Å². The van der Waals surface area contributed by atoms with Gasteiger partial charge >= 0.3 is 0 Å². The highest BCUT2D eigenvalue weighted by molar-refractivity contribution is 4.73. The van der Waals surface area contributed by atoms with Gasteiger partial charge in [0.2, 0.25) is 0 Å². The molecule has 1 fully saturated rings. The number of piperidine rings is 1. The highest BCUT2D eigenvalue weighted by Gasteiger charge is 2.17. The Morgan fingerprint density at radius 3 is 2.60 bits per heavy atom. The summed E-state index contributed by atoms with van der Waals surface area (Å²) in [5.41, 5.74) is 0. The van der Waals surface area contributed by atoms with E-state index in [1.54, 1.807) is 0 Å². The van der Waals surface area contributed by atoms with Gasteiger partial charge in [0, 0.05) is 6.04 Å². The van der Waals surface area contributed by atoms with Gasteiger partial charge in [0.05, 0.1) is 0 Å². The molecule has 0 amide bonds. The van der Waals surface area contributed by atoms with E-state index in [0.717, 1.165) is 6.04 Å². The first-order valence-electron chi connectivity index (χ1n) is 4.62. The van der Waals surface area contributed by atoms with Gasteiger partial charge in [0.25, 0.3) is 0 Å². The molecule has 0 spiro atoms. The summed E-state index contributed by atoms with van der Waals surface area (Å²) in [5.74, 6) is 0. The van der Waals surface area contributed by atoms with E-state index in [1.807, 2.05) is 0 Å². The molecule has 1 heterocycles. The van der Waals surface area contributed by atoms with Crippen LogP contribution in [0.15, 0.2) is 0 Å². The van der Waals surface area contributed by atoms with Crippen LogP contribution in [0.1, 0.15) is 39.5 Å². The van der Waals surface area contributed by atoms with Crippen LogP contribution in [-0.4, -0.2) is 24.0 Å².